The molecule has 23 heavy (non-hydrogen) atoms. The first kappa shape index (κ1) is 14.8. The van der Waals surface area contributed by atoms with Gasteiger partial charge in [0.05, 0.1) is 5.69 Å². The highest BCUT2D eigenvalue weighted by atomic mass is 32.1. The van der Waals surface area contributed by atoms with Crippen LogP contribution in [0.3, 0.4) is 0 Å². The second-order valence-corrected chi connectivity index (χ2v) is 7.68. The molecule has 0 radical (unpaired) electrons. The number of aromatic amines is 1. The zero-order valence-corrected chi connectivity index (χ0v) is 14.5. The molecular weight excluding hydrogens is 302 g/mol. The minimum absolute atomic E-state index is 0.585. The molecule has 2 aromatic heterocycles. The zero-order chi connectivity index (χ0) is 15.8. The fraction of sp³-hybridized carbons (Fsp3) is 0.421. The predicted molar refractivity (Wildman–Crippen MR) is 99.2 cm³/mol. The van der Waals surface area contributed by atoms with E-state index in [1.165, 1.54) is 47.8 Å². The van der Waals surface area contributed by atoms with Crippen molar-refractivity contribution in [3.63, 3.8) is 0 Å². The Morgan fingerprint density at radius 2 is 2.13 bits per heavy atom. The van der Waals surface area contributed by atoms with Crippen molar-refractivity contribution in [1.82, 2.24) is 9.97 Å². The Morgan fingerprint density at radius 1 is 1.26 bits per heavy atom. The molecular formula is C19H23N3S. The third-order valence-corrected chi connectivity index (χ3v) is 5.69. The lowest BCUT2D eigenvalue weighted by Crippen LogP contribution is -2.26. The monoisotopic (exact) mass is 325 g/mol. The molecule has 2 atom stereocenters. The zero-order valence-electron chi connectivity index (χ0n) is 13.7. The number of nitrogens with zero attached hydrogens (tertiary/aromatic N) is 1. The number of fused-ring (bicyclic) bond motifs is 1. The van der Waals surface area contributed by atoms with E-state index in [0.29, 0.717) is 6.04 Å². The van der Waals surface area contributed by atoms with Gasteiger partial charge in [0.2, 0.25) is 0 Å². The van der Waals surface area contributed by atoms with Crippen molar-refractivity contribution in [2.45, 2.75) is 45.6 Å². The fourth-order valence-corrected chi connectivity index (χ4v) is 4.58. The van der Waals surface area contributed by atoms with Gasteiger partial charge in [-0.05, 0) is 31.7 Å². The highest BCUT2D eigenvalue weighted by Crippen LogP contribution is 2.35. The van der Waals surface area contributed by atoms with Crippen LogP contribution in [-0.2, 0) is 0 Å². The Labute approximate surface area is 141 Å². The van der Waals surface area contributed by atoms with Crippen molar-refractivity contribution in [2.24, 2.45) is 5.92 Å². The van der Waals surface area contributed by atoms with Crippen LogP contribution in [0.25, 0.3) is 22.2 Å². The smallest absolute Gasteiger partial charge is 0.183 e. The largest absolute Gasteiger partial charge is 0.359 e. The molecule has 1 saturated carbocycles. The van der Waals surface area contributed by atoms with Crippen LogP contribution >= 0.6 is 11.3 Å². The van der Waals surface area contributed by atoms with Gasteiger partial charge in [0.15, 0.2) is 5.13 Å². The summed E-state index contributed by atoms with van der Waals surface area (Å²) in [6.07, 6.45) is 5.24. The first-order chi connectivity index (χ1) is 11.2. The van der Waals surface area contributed by atoms with Crippen molar-refractivity contribution in [2.75, 3.05) is 5.32 Å². The molecule has 0 spiro atoms. The molecule has 4 rings (SSSR count). The Morgan fingerprint density at radius 3 is 3.00 bits per heavy atom. The third kappa shape index (κ3) is 2.88. The van der Waals surface area contributed by atoms with Crippen LogP contribution < -0.4 is 5.32 Å². The summed E-state index contributed by atoms with van der Waals surface area (Å²) < 4.78 is 0. The van der Waals surface area contributed by atoms with Gasteiger partial charge in [-0.2, -0.15) is 0 Å². The molecule has 1 aliphatic rings. The third-order valence-electron chi connectivity index (χ3n) is 4.92. The van der Waals surface area contributed by atoms with E-state index in [2.05, 4.69) is 53.8 Å². The first-order valence-corrected chi connectivity index (χ1v) is 9.38. The predicted octanol–water partition coefficient (Wildman–Crippen LogP) is 5.59. The molecule has 2 heterocycles. The van der Waals surface area contributed by atoms with E-state index in [4.69, 9.17) is 4.98 Å². The molecule has 0 unspecified atom stereocenters. The van der Waals surface area contributed by atoms with Crippen LogP contribution in [0, 0.1) is 12.8 Å². The number of benzene rings is 1. The van der Waals surface area contributed by atoms with Gasteiger partial charge in [0, 0.05) is 33.6 Å². The van der Waals surface area contributed by atoms with E-state index in [1.54, 1.807) is 11.3 Å². The van der Waals surface area contributed by atoms with Gasteiger partial charge in [0.25, 0.3) is 0 Å². The van der Waals surface area contributed by atoms with Crippen LogP contribution in [-0.4, -0.2) is 16.0 Å². The molecule has 1 fully saturated rings. The molecule has 1 aliphatic carbocycles. The Balaban J connectivity index is 1.61. The molecule has 0 amide bonds. The number of thiazole rings is 1. The van der Waals surface area contributed by atoms with Crippen molar-refractivity contribution < 1.29 is 0 Å². The summed E-state index contributed by atoms with van der Waals surface area (Å²) >= 11 is 1.72. The minimum atomic E-state index is 0.585. The van der Waals surface area contributed by atoms with Gasteiger partial charge >= 0.3 is 0 Å². The summed E-state index contributed by atoms with van der Waals surface area (Å²) in [5.41, 5.74) is 4.69. The molecule has 3 nitrogen and oxygen atoms in total. The average molecular weight is 325 g/mol. The summed E-state index contributed by atoms with van der Waals surface area (Å²) in [5, 5.41) is 8.15. The fourth-order valence-electron chi connectivity index (χ4n) is 3.80. The first-order valence-electron chi connectivity index (χ1n) is 8.50. The number of nitrogens with one attached hydrogen (secondary N) is 2. The van der Waals surface area contributed by atoms with Gasteiger partial charge in [-0.1, -0.05) is 38.0 Å². The number of para-hydroxylation sites is 1. The summed E-state index contributed by atoms with van der Waals surface area (Å²) in [6.45, 7) is 4.49. The SMILES string of the molecule is Cc1[nH]c2ccccc2c1-c1csc(N[C@H]2CCC[C@@H](C)C2)n1. The van der Waals surface area contributed by atoms with Crippen molar-refractivity contribution in [3.05, 3.63) is 35.3 Å². The quantitative estimate of drug-likeness (QED) is 0.659. The Kier molecular flexibility index (Phi) is 3.85. The second kappa shape index (κ2) is 6.00. The number of anilines is 1. The minimum Gasteiger partial charge on any atom is -0.359 e. The van der Waals surface area contributed by atoms with Gasteiger partial charge in [-0.25, -0.2) is 4.98 Å². The van der Waals surface area contributed by atoms with E-state index in [1.807, 2.05) is 0 Å². The van der Waals surface area contributed by atoms with Gasteiger partial charge in [-0.3, -0.25) is 0 Å². The summed E-state index contributed by atoms with van der Waals surface area (Å²) in [4.78, 5) is 8.34. The lowest BCUT2D eigenvalue weighted by molar-refractivity contribution is 0.358. The maximum Gasteiger partial charge on any atom is 0.183 e. The number of aromatic nitrogens is 2. The number of hydrogen-bond donors (Lipinski definition) is 2. The van der Waals surface area contributed by atoms with E-state index in [-0.39, 0.29) is 0 Å². The molecule has 0 saturated heterocycles. The second-order valence-electron chi connectivity index (χ2n) is 6.82. The Hall–Kier alpha value is -1.81. The molecule has 1 aromatic carbocycles. The van der Waals surface area contributed by atoms with E-state index in [0.717, 1.165) is 16.7 Å². The van der Waals surface area contributed by atoms with Crippen molar-refractivity contribution in [3.8, 4) is 11.3 Å². The molecule has 0 bridgehead atoms. The summed E-state index contributed by atoms with van der Waals surface area (Å²) in [6, 6.07) is 9.04. The molecule has 2 N–H and O–H groups in total. The van der Waals surface area contributed by atoms with Crippen LogP contribution in [0.2, 0.25) is 0 Å². The van der Waals surface area contributed by atoms with E-state index in [9.17, 15) is 0 Å². The lowest BCUT2D eigenvalue weighted by Gasteiger charge is -2.27. The van der Waals surface area contributed by atoms with Crippen molar-refractivity contribution in [1.29, 1.82) is 0 Å². The van der Waals surface area contributed by atoms with Gasteiger partial charge in [0.1, 0.15) is 0 Å². The molecule has 4 heteroatoms. The molecule has 3 aromatic rings. The highest BCUT2D eigenvalue weighted by molar-refractivity contribution is 7.14. The van der Waals surface area contributed by atoms with Crippen LogP contribution in [0.5, 0.6) is 0 Å². The maximum absolute atomic E-state index is 4.87. The van der Waals surface area contributed by atoms with Crippen LogP contribution in [0.4, 0.5) is 5.13 Å². The van der Waals surface area contributed by atoms with Crippen molar-refractivity contribution >= 4 is 27.4 Å². The molecule has 0 aliphatic heterocycles. The summed E-state index contributed by atoms with van der Waals surface area (Å²) in [7, 11) is 0. The number of rotatable bonds is 3. The standard InChI is InChI=1S/C19H23N3S/c1-12-6-5-7-14(10-12)21-19-22-17(11-23-19)18-13(2)20-16-9-4-3-8-15(16)18/h3-4,8-9,11-12,14,20H,5-7,10H2,1-2H3,(H,21,22)/t12-,14+/m1/s1. The lowest BCUT2D eigenvalue weighted by atomic mass is 9.87. The van der Waals surface area contributed by atoms with E-state index < -0.39 is 0 Å². The number of H-pyrrole nitrogens is 1. The number of aryl methyl sites for hydroxylation is 1. The van der Waals surface area contributed by atoms with Gasteiger partial charge in [-0.15, -0.1) is 11.3 Å². The summed E-state index contributed by atoms with van der Waals surface area (Å²) in [5.74, 6) is 0.830. The van der Waals surface area contributed by atoms with Gasteiger partial charge < -0.3 is 10.3 Å². The normalized spacial score (nSPS) is 21.7. The topological polar surface area (TPSA) is 40.7 Å². The van der Waals surface area contributed by atoms with E-state index >= 15 is 0 Å². The van der Waals surface area contributed by atoms with Crippen LogP contribution in [0.15, 0.2) is 29.6 Å². The maximum atomic E-state index is 4.87. The number of hydrogen-bond acceptors (Lipinski definition) is 3. The average Bonchev–Trinajstić information content (AvgIpc) is 3.10. The molecule has 120 valence electrons. The van der Waals surface area contributed by atoms with Crippen LogP contribution in [0.1, 0.15) is 38.3 Å². The highest BCUT2D eigenvalue weighted by Gasteiger charge is 2.20. The Bertz CT molecular complexity index is 817.